The first-order chi connectivity index (χ1) is 23.3. The van der Waals surface area contributed by atoms with Gasteiger partial charge in [0, 0.05) is 32.8 Å². The normalized spacial score (nSPS) is 11.8. The van der Waals surface area contributed by atoms with Gasteiger partial charge in [-0.05, 0) is 62.0 Å². The summed E-state index contributed by atoms with van der Waals surface area (Å²) in [5.74, 6) is 1.90. The number of nitrogens with zero attached hydrogens (tertiary/aromatic N) is 3. The minimum Gasteiger partial charge on any atom is -0.456 e. The fraction of sp³-hybridized carbons (Fsp3) is 0. The van der Waals surface area contributed by atoms with Crippen LogP contribution in [-0.4, -0.2) is 15.0 Å². The lowest BCUT2D eigenvalue weighted by Gasteiger charge is -2.14. The molecule has 0 bridgehead atoms. The summed E-state index contributed by atoms with van der Waals surface area (Å²) in [5.41, 5.74) is 4.53. The number of rotatable bonds is 3. The van der Waals surface area contributed by atoms with Gasteiger partial charge in [0.25, 0.3) is 0 Å². The van der Waals surface area contributed by atoms with Crippen LogP contribution in [0.1, 0.15) is 0 Å². The SMILES string of the molecule is c1ccc(-c2nc(-c3ccc4oc5ccccc5c4c3)nc(-c3cccc4ccc5c6ccc7ccccc7c6ccc5c34)n2)cc1. The highest BCUT2D eigenvalue weighted by Gasteiger charge is 2.17. The average molecular weight is 600 g/mol. The summed E-state index contributed by atoms with van der Waals surface area (Å²) in [4.78, 5) is 15.3. The second-order valence-electron chi connectivity index (χ2n) is 12.0. The predicted octanol–water partition coefficient (Wildman–Crippen LogP) is 11.4. The molecule has 0 saturated heterocycles. The van der Waals surface area contributed by atoms with Gasteiger partial charge in [0.2, 0.25) is 0 Å². The first-order valence-electron chi connectivity index (χ1n) is 15.8. The number of para-hydroxylation sites is 1. The van der Waals surface area contributed by atoms with E-state index >= 15 is 0 Å². The van der Waals surface area contributed by atoms with Gasteiger partial charge in [-0.3, -0.25) is 0 Å². The van der Waals surface area contributed by atoms with Gasteiger partial charge >= 0.3 is 0 Å². The predicted molar refractivity (Wildman–Crippen MR) is 193 cm³/mol. The average Bonchev–Trinajstić information content (AvgIpc) is 3.52. The molecule has 0 fully saturated rings. The molecular formula is C43H25N3O. The maximum atomic E-state index is 6.12. The second kappa shape index (κ2) is 10.1. The van der Waals surface area contributed by atoms with Crippen LogP contribution in [0.4, 0.5) is 0 Å². The lowest BCUT2D eigenvalue weighted by atomic mass is 9.92. The summed E-state index contributed by atoms with van der Waals surface area (Å²) in [6, 6.07) is 52.9. The first kappa shape index (κ1) is 25.9. The summed E-state index contributed by atoms with van der Waals surface area (Å²) < 4.78 is 6.12. The smallest absolute Gasteiger partial charge is 0.164 e. The molecule has 0 spiro atoms. The molecule has 0 N–H and O–H groups in total. The van der Waals surface area contributed by atoms with Crippen molar-refractivity contribution >= 4 is 65.0 Å². The van der Waals surface area contributed by atoms with Gasteiger partial charge in [0.05, 0.1) is 0 Å². The van der Waals surface area contributed by atoms with Crippen LogP contribution in [-0.2, 0) is 0 Å². The lowest BCUT2D eigenvalue weighted by Crippen LogP contribution is -2.00. The summed E-state index contributed by atoms with van der Waals surface area (Å²) >= 11 is 0. The van der Waals surface area contributed by atoms with Gasteiger partial charge in [-0.15, -0.1) is 0 Å². The lowest BCUT2D eigenvalue weighted by molar-refractivity contribution is 0.669. The molecule has 218 valence electrons. The van der Waals surface area contributed by atoms with E-state index in [1.807, 2.05) is 60.7 Å². The van der Waals surface area contributed by atoms with E-state index in [2.05, 4.69) is 91.0 Å². The van der Waals surface area contributed by atoms with E-state index in [0.717, 1.165) is 49.4 Å². The van der Waals surface area contributed by atoms with Crippen molar-refractivity contribution in [3.8, 4) is 34.2 Å². The monoisotopic (exact) mass is 599 g/mol. The Hall–Kier alpha value is -6.39. The molecule has 0 saturated carbocycles. The van der Waals surface area contributed by atoms with Gasteiger partial charge < -0.3 is 4.42 Å². The highest BCUT2D eigenvalue weighted by molar-refractivity contribution is 6.24. The molecule has 0 aliphatic carbocycles. The zero-order valence-electron chi connectivity index (χ0n) is 25.2. The topological polar surface area (TPSA) is 51.8 Å². The molecule has 10 rings (SSSR count). The molecule has 8 aromatic carbocycles. The fourth-order valence-electron chi connectivity index (χ4n) is 7.09. The molecule has 0 amide bonds. The van der Waals surface area contributed by atoms with Crippen molar-refractivity contribution in [1.82, 2.24) is 15.0 Å². The standard InChI is InChI=1S/C43H25N3O/c1-2-10-28(11-3-1)41-44-42(29-19-24-39-37(25-29)34-14-6-7-16-38(34)47-39)46-43(45-41)36-15-8-12-27-18-21-33-32-20-17-26-9-4-5-13-30(26)31(32)22-23-35(33)40(27)36/h1-25H. The van der Waals surface area contributed by atoms with Crippen LogP contribution in [0, 0.1) is 0 Å². The van der Waals surface area contributed by atoms with Crippen LogP contribution in [0.25, 0.3) is 99.2 Å². The van der Waals surface area contributed by atoms with E-state index < -0.39 is 0 Å². The molecule has 2 heterocycles. The zero-order valence-corrected chi connectivity index (χ0v) is 25.2. The Balaban J connectivity index is 1.24. The molecule has 47 heavy (non-hydrogen) atoms. The number of fused-ring (bicyclic) bond motifs is 10. The Bertz CT molecular complexity index is 2850. The molecular weight excluding hydrogens is 574 g/mol. The number of hydrogen-bond donors (Lipinski definition) is 0. The van der Waals surface area contributed by atoms with E-state index in [-0.39, 0.29) is 0 Å². The Labute approximate surface area is 269 Å². The third kappa shape index (κ3) is 4.05. The van der Waals surface area contributed by atoms with E-state index in [1.165, 1.54) is 32.3 Å². The van der Waals surface area contributed by atoms with E-state index in [4.69, 9.17) is 19.4 Å². The highest BCUT2D eigenvalue weighted by Crippen LogP contribution is 2.39. The van der Waals surface area contributed by atoms with E-state index in [0.29, 0.717) is 17.5 Å². The first-order valence-corrected chi connectivity index (χ1v) is 15.8. The third-order valence-corrected chi connectivity index (χ3v) is 9.31. The van der Waals surface area contributed by atoms with Crippen LogP contribution >= 0.6 is 0 Å². The number of benzene rings is 8. The summed E-state index contributed by atoms with van der Waals surface area (Å²) in [6.07, 6.45) is 0. The minimum atomic E-state index is 0.621. The van der Waals surface area contributed by atoms with Crippen molar-refractivity contribution in [2.24, 2.45) is 0 Å². The van der Waals surface area contributed by atoms with Crippen LogP contribution in [0.3, 0.4) is 0 Å². The largest absolute Gasteiger partial charge is 0.456 e. The highest BCUT2D eigenvalue weighted by atomic mass is 16.3. The molecule has 2 aromatic heterocycles. The summed E-state index contributed by atoms with van der Waals surface area (Å²) in [6.45, 7) is 0. The fourth-order valence-corrected chi connectivity index (χ4v) is 7.09. The molecule has 0 radical (unpaired) electrons. The van der Waals surface area contributed by atoms with Gasteiger partial charge in [-0.2, -0.15) is 0 Å². The maximum absolute atomic E-state index is 6.12. The number of aromatic nitrogens is 3. The quantitative estimate of drug-likeness (QED) is 0.190. The molecule has 0 aliphatic heterocycles. The van der Waals surface area contributed by atoms with Crippen molar-refractivity contribution in [2.45, 2.75) is 0 Å². The van der Waals surface area contributed by atoms with Crippen molar-refractivity contribution in [1.29, 1.82) is 0 Å². The molecule has 10 aromatic rings. The molecule has 0 atom stereocenters. The van der Waals surface area contributed by atoms with Crippen molar-refractivity contribution in [3.05, 3.63) is 152 Å². The van der Waals surface area contributed by atoms with Crippen LogP contribution in [0.15, 0.2) is 156 Å². The van der Waals surface area contributed by atoms with Crippen molar-refractivity contribution in [3.63, 3.8) is 0 Å². The van der Waals surface area contributed by atoms with E-state index in [1.54, 1.807) is 0 Å². The number of hydrogen-bond acceptors (Lipinski definition) is 4. The Kier molecular flexibility index (Phi) is 5.54. The van der Waals surface area contributed by atoms with E-state index in [9.17, 15) is 0 Å². The molecule has 0 aliphatic rings. The van der Waals surface area contributed by atoms with Gasteiger partial charge in [0.1, 0.15) is 11.2 Å². The van der Waals surface area contributed by atoms with Crippen molar-refractivity contribution < 1.29 is 4.42 Å². The summed E-state index contributed by atoms with van der Waals surface area (Å²) in [5, 5.41) is 11.8. The molecule has 0 unspecified atom stereocenters. The van der Waals surface area contributed by atoms with Crippen LogP contribution in [0.2, 0.25) is 0 Å². The maximum Gasteiger partial charge on any atom is 0.164 e. The second-order valence-corrected chi connectivity index (χ2v) is 12.0. The van der Waals surface area contributed by atoms with Gasteiger partial charge in [0.15, 0.2) is 17.5 Å². The Morgan fingerprint density at radius 1 is 0.340 bits per heavy atom. The van der Waals surface area contributed by atoms with Crippen molar-refractivity contribution in [2.75, 3.05) is 0 Å². The molecule has 4 nitrogen and oxygen atoms in total. The molecule has 4 heteroatoms. The summed E-state index contributed by atoms with van der Waals surface area (Å²) in [7, 11) is 0. The zero-order chi connectivity index (χ0) is 30.9. The minimum absolute atomic E-state index is 0.621. The van der Waals surface area contributed by atoms with Crippen LogP contribution < -0.4 is 0 Å². The third-order valence-electron chi connectivity index (χ3n) is 9.31. The Morgan fingerprint density at radius 2 is 0.957 bits per heavy atom. The number of furan rings is 1. The Morgan fingerprint density at radius 3 is 1.85 bits per heavy atom. The van der Waals surface area contributed by atoms with Crippen LogP contribution in [0.5, 0.6) is 0 Å². The van der Waals surface area contributed by atoms with Gasteiger partial charge in [-0.1, -0.05) is 127 Å². The van der Waals surface area contributed by atoms with Gasteiger partial charge in [-0.25, -0.2) is 15.0 Å².